The van der Waals surface area contributed by atoms with Crippen LogP contribution in [0.4, 0.5) is 0 Å². The smallest absolute Gasteiger partial charge is 0.362 e. The van der Waals surface area contributed by atoms with E-state index in [-0.39, 0.29) is 18.4 Å². The molecule has 0 unspecified atom stereocenters. The molecule has 62 valence electrons. The number of carboxylic acid groups (broad SMARTS) is 1. The number of likely N-dealkylation sites (N-methyl/N-ethyl adjacent to an activating group) is 1. The third-order valence-corrected chi connectivity index (χ3v) is 1.52. The van der Waals surface area contributed by atoms with Gasteiger partial charge in [0, 0.05) is 0 Å². The first-order chi connectivity index (χ1) is 3.85. The van der Waals surface area contributed by atoms with Crippen LogP contribution < -0.4 is 12.4 Å². The van der Waals surface area contributed by atoms with Crippen molar-refractivity contribution in [2.45, 2.75) is 13.0 Å². The zero-order valence-corrected chi connectivity index (χ0v) is 7.51. The van der Waals surface area contributed by atoms with Crippen LogP contribution in [0.5, 0.6) is 0 Å². The summed E-state index contributed by atoms with van der Waals surface area (Å²) in [5.74, 6) is -0.748. The first-order valence-corrected chi connectivity index (χ1v) is 2.89. The van der Waals surface area contributed by atoms with Gasteiger partial charge in [-0.2, -0.15) is 0 Å². The van der Waals surface area contributed by atoms with Crippen molar-refractivity contribution in [3.63, 3.8) is 0 Å². The van der Waals surface area contributed by atoms with E-state index in [1.54, 1.807) is 6.92 Å². The van der Waals surface area contributed by atoms with Crippen molar-refractivity contribution in [3.05, 3.63) is 0 Å². The van der Waals surface area contributed by atoms with Crippen LogP contribution in [0.15, 0.2) is 0 Å². The van der Waals surface area contributed by atoms with E-state index in [1.165, 1.54) is 0 Å². The zero-order chi connectivity index (χ0) is 7.65. The number of hydrogen-bond donors (Lipinski definition) is 1. The highest BCUT2D eigenvalue weighted by Gasteiger charge is 2.24. The molecule has 0 aliphatic rings. The monoisotopic (exact) mass is 167 g/mol. The molecule has 0 amide bonds. The lowest BCUT2D eigenvalue weighted by atomic mass is 10.3. The Hall–Kier alpha value is -0.280. The summed E-state index contributed by atoms with van der Waals surface area (Å²) >= 11 is 0. The molecule has 0 spiro atoms. The number of rotatable bonds is 2. The van der Waals surface area contributed by atoms with Gasteiger partial charge >= 0.3 is 5.97 Å². The first-order valence-electron chi connectivity index (χ1n) is 2.89. The second kappa shape index (κ2) is 3.78. The average Bonchev–Trinajstić information content (AvgIpc) is 1.62. The third kappa shape index (κ3) is 3.69. The van der Waals surface area contributed by atoms with Crippen LogP contribution in [0.1, 0.15) is 6.92 Å². The molecular weight excluding hydrogens is 154 g/mol. The molecule has 0 aromatic heterocycles. The van der Waals surface area contributed by atoms with Gasteiger partial charge in [0.2, 0.25) is 0 Å². The molecule has 0 saturated carbocycles. The summed E-state index contributed by atoms with van der Waals surface area (Å²) in [6.45, 7) is 1.70. The van der Waals surface area contributed by atoms with E-state index in [1.807, 2.05) is 21.1 Å². The molecule has 0 aliphatic heterocycles. The maximum atomic E-state index is 10.3. The molecule has 0 aromatic rings. The van der Waals surface area contributed by atoms with Gasteiger partial charge in [-0.15, -0.1) is 0 Å². The Morgan fingerprint density at radius 1 is 1.40 bits per heavy atom. The summed E-state index contributed by atoms with van der Waals surface area (Å²) in [5.41, 5.74) is 0. The van der Waals surface area contributed by atoms with Gasteiger partial charge in [-0.05, 0) is 6.92 Å². The predicted octanol–water partition coefficient (Wildman–Crippen LogP) is -2.83. The van der Waals surface area contributed by atoms with Crippen molar-refractivity contribution in [3.8, 4) is 0 Å². The van der Waals surface area contributed by atoms with Gasteiger partial charge in [-0.25, -0.2) is 4.79 Å². The topological polar surface area (TPSA) is 37.3 Å². The molecule has 4 heteroatoms. The standard InChI is InChI=1S/C6H13NO2.ClH/c1-5(6(8)9)7(2,3)4;/h5H,1-4H3;1H/t5-;/m0./s1. The van der Waals surface area contributed by atoms with Crippen molar-refractivity contribution < 1.29 is 26.8 Å². The fraction of sp³-hybridized carbons (Fsp3) is 0.833. The van der Waals surface area contributed by atoms with Gasteiger partial charge in [-0.3, -0.25) is 0 Å². The van der Waals surface area contributed by atoms with E-state index >= 15 is 0 Å². The predicted molar refractivity (Wildman–Crippen MR) is 35.1 cm³/mol. The van der Waals surface area contributed by atoms with E-state index in [2.05, 4.69) is 0 Å². The van der Waals surface area contributed by atoms with Gasteiger partial charge in [-0.1, -0.05) is 0 Å². The zero-order valence-electron chi connectivity index (χ0n) is 6.76. The molecule has 1 N–H and O–H groups in total. The number of hydrogen-bond acceptors (Lipinski definition) is 1. The fourth-order valence-corrected chi connectivity index (χ4v) is 0.331. The van der Waals surface area contributed by atoms with Gasteiger partial charge < -0.3 is 22.0 Å². The second-order valence-corrected chi connectivity index (χ2v) is 3.13. The minimum atomic E-state index is -0.748. The van der Waals surface area contributed by atoms with E-state index in [9.17, 15) is 4.79 Å². The number of nitrogens with zero attached hydrogens (tertiary/aromatic N) is 1. The minimum absolute atomic E-state index is 0. The molecule has 0 saturated heterocycles. The molecule has 0 bridgehead atoms. The van der Waals surface area contributed by atoms with E-state index in [0.717, 1.165) is 0 Å². The van der Waals surface area contributed by atoms with Gasteiger partial charge in [0.15, 0.2) is 6.04 Å². The number of halogens is 1. The Morgan fingerprint density at radius 3 is 1.70 bits per heavy atom. The van der Waals surface area contributed by atoms with Crippen molar-refractivity contribution in [1.82, 2.24) is 0 Å². The molecule has 0 rings (SSSR count). The van der Waals surface area contributed by atoms with Gasteiger partial charge in [0.25, 0.3) is 0 Å². The molecule has 3 nitrogen and oxygen atoms in total. The SMILES string of the molecule is C[C@@H](C(=O)O)[N+](C)(C)C.[Cl-]. The maximum Gasteiger partial charge on any atom is 0.362 e. The van der Waals surface area contributed by atoms with Crippen molar-refractivity contribution in [2.24, 2.45) is 0 Å². The number of aliphatic carboxylic acids is 1. The van der Waals surface area contributed by atoms with Crippen LogP contribution in [0.2, 0.25) is 0 Å². The average molecular weight is 168 g/mol. The largest absolute Gasteiger partial charge is 1.00 e. The lowest BCUT2D eigenvalue weighted by Crippen LogP contribution is -3.00. The van der Waals surface area contributed by atoms with Crippen molar-refractivity contribution in [1.29, 1.82) is 0 Å². The summed E-state index contributed by atoms with van der Waals surface area (Å²) in [6.07, 6.45) is 0. The van der Waals surface area contributed by atoms with Crippen LogP contribution in [0.3, 0.4) is 0 Å². The van der Waals surface area contributed by atoms with Crippen LogP contribution in [-0.4, -0.2) is 42.7 Å². The first kappa shape index (κ1) is 12.4. The summed E-state index contributed by atoms with van der Waals surface area (Å²) in [6, 6.07) is -0.329. The Kier molecular flexibility index (Phi) is 4.69. The molecule has 1 atom stereocenters. The molecule has 0 aromatic carbocycles. The highest BCUT2D eigenvalue weighted by atomic mass is 35.5. The summed E-state index contributed by atoms with van der Waals surface area (Å²) < 4.78 is 0.468. The molecule has 0 heterocycles. The number of quaternary nitrogens is 1. The Balaban J connectivity index is 0. The Morgan fingerprint density at radius 2 is 1.70 bits per heavy atom. The van der Waals surface area contributed by atoms with Crippen LogP contribution in [0.25, 0.3) is 0 Å². The Bertz CT molecular complexity index is 119. The number of carbonyl (C=O) groups is 1. The van der Waals surface area contributed by atoms with Gasteiger partial charge in [0.1, 0.15) is 0 Å². The van der Waals surface area contributed by atoms with Gasteiger partial charge in [0.05, 0.1) is 21.1 Å². The highest BCUT2D eigenvalue weighted by Crippen LogP contribution is 2.00. The molecular formula is C6H14ClNO2. The van der Waals surface area contributed by atoms with E-state index in [4.69, 9.17) is 5.11 Å². The fourth-order valence-electron chi connectivity index (χ4n) is 0.331. The number of carboxylic acids is 1. The lowest BCUT2D eigenvalue weighted by Gasteiger charge is -2.28. The normalized spacial score (nSPS) is 13.6. The summed E-state index contributed by atoms with van der Waals surface area (Å²) in [5, 5.41) is 8.50. The van der Waals surface area contributed by atoms with Crippen LogP contribution in [0, 0.1) is 0 Å². The van der Waals surface area contributed by atoms with E-state index < -0.39 is 5.97 Å². The lowest BCUT2D eigenvalue weighted by molar-refractivity contribution is -0.885. The maximum absolute atomic E-state index is 10.3. The van der Waals surface area contributed by atoms with Crippen molar-refractivity contribution >= 4 is 5.97 Å². The molecule has 10 heavy (non-hydrogen) atoms. The van der Waals surface area contributed by atoms with Crippen molar-refractivity contribution in [2.75, 3.05) is 21.1 Å². The Labute approximate surface area is 67.6 Å². The molecule has 0 aliphatic carbocycles. The second-order valence-electron chi connectivity index (χ2n) is 3.13. The van der Waals surface area contributed by atoms with Crippen LogP contribution in [-0.2, 0) is 4.79 Å². The molecule has 0 radical (unpaired) electrons. The quantitative estimate of drug-likeness (QED) is 0.451. The highest BCUT2D eigenvalue weighted by molar-refractivity contribution is 5.71. The van der Waals surface area contributed by atoms with E-state index in [0.29, 0.717) is 4.48 Å². The third-order valence-electron chi connectivity index (χ3n) is 1.52. The summed E-state index contributed by atoms with van der Waals surface area (Å²) in [4.78, 5) is 10.3. The molecule has 0 fully saturated rings. The van der Waals surface area contributed by atoms with Crippen LogP contribution >= 0.6 is 0 Å². The summed E-state index contributed by atoms with van der Waals surface area (Å²) in [7, 11) is 5.58. The minimum Gasteiger partial charge on any atom is -1.00 e.